The maximum absolute atomic E-state index is 12.6. The minimum absolute atomic E-state index is 0.0388. The Morgan fingerprint density at radius 3 is 2.72 bits per heavy atom. The summed E-state index contributed by atoms with van der Waals surface area (Å²) in [5.41, 5.74) is 0.853. The van der Waals surface area contributed by atoms with Crippen LogP contribution in [-0.4, -0.2) is 83.5 Å². The number of rotatable bonds is 6. The normalized spacial score (nSPS) is 18.4. The molecular weight excluding hydrogens is 320 g/mol. The topological polar surface area (TPSA) is 77.0 Å². The third-order valence-electron chi connectivity index (χ3n) is 4.25. The molecule has 0 spiro atoms. The third kappa shape index (κ3) is 5.79. The number of carbonyl (C=O) groups is 2. The first-order chi connectivity index (χ1) is 11.7. The Labute approximate surface area is 149 Å². The van der Waals surface area contributed by atoms with Crippen molar-refractivity contribution in [1.82, 2.24) is 19.7 Å². The molecular formula is C18H28N4O3. The van der Waals surface area contributed by atoms with E-state index in [2.05, 4.69) is 28.6 Å². The molecule has 7 heteroatoms. The largest absolute Gasteiger partial charge is 0.478 e. The van der Waals surface area contributed by atoms with Gasteiger partial charge in [0.15, 0.2) is 0 Å². The van der Waals surface area contributed by atoms with Crippen LogP contribution in [0, 0.1) is 5.41 Å². The fourth-order valence-electron chi connectivity index (χ4n) is 3.17. The number of amides is 1. The van der Waals surface area contributed by atoms with Crippen LogP contribution in [0.2, 0.25) is 0 Å². The first kappa shape index (κ1) is 19.3. The molecule has 1 aromatic heterocycles. The zero-order valence-corrected chi connectivity index (χ0v) is 15.5. The smallest absolute Gasteiger partial charge is 0.335 e. The van der Waals surface area contributed by atoms with E-state index in [1.165, 1.54) is 12.3 Å². The van der Waals surface area contributed by atoms with Gasteiger partial charge in [0, 0.05) is 38.9 Å². The van der Waals surface area contributed by atoms with E-state index >= 15 is 0 Å². The van der Waals surface area contributed by atoms with Crippen LogP contribution in [0.3, 0.4) is 0 Å². The van der Waals surface area contributed by atoms with Gasteiger partial charge >= 0.3 is 5.97 Å². The van der Waals surface area contributed by atoms with E-state index in [1.54, 1.807) is 6.07 Å². The molecule has 0 aromatic carbocycles. The van der Waals surface area contributed by atoms with E-state index in [1.807, 2.05) is 19.0 Å². The Hall–Kier alpha value is -1.99. The summed E-state index contributed by atoms with van der Waals surface area (Å²) >= 11 is 0. The molecule has 0 unspecified atom stereocenters. The van der Waals surface area contributed by atoms with Gasteiger partial charge in [0.2, 0.25) is 5.91 Å². The van der Waals surface area contributed by atoms with Gasteiger partial charge in [-0.15, -0.1) is 0 Å². The molecule has 0 saturated carbocycles. The van der Waals surface area contributed by atoms with E-state index in [-0.39, 0.29) is 16.9 Å². The van der Waals surface area contributed by atoms with Gasteiger partial charge in [-0.25, -0.2) is 4.79 Å². The molecule has 25 heavy (non-hydrogen) atoms. The Morgan fingerprint density at radius 2 is 2.08 bits per heavy atom. The van der Waals surface area contributed by atoms with E-state index < -0.39 is 5.97 Å². The predicted molar refractivity (Wildman–Crippen MR) is 95.4 cm³/mol. The van der Waals surface area contributed by atoms with Gasteiger partial charge < -0.3 is 14.9 Å². The highest BCUT2D eigenvalue weighted by molar-refractivity contribution is 5.87. The number of aromatic carboxylic acids is 1. The number of aromatic nitrogens is 1. The fourth-order valence-corrected chi connectivity index (χ4v) is 3.17. The summed E-state index contributed by atoms with van der Waals surface area (Å²) in [6.07, 6.45) is 1.51. The van der Waals surface area contributed by atoms with Crippen LogP contribution in [-0.2, 0) is 11.3 Å². The molecule has 2 heterocycles. The lowest BCUT2D eigenvalue weighted by Crippen LogP contribution is -2.41. The zero-order chi connectivity index (χ0) is 18.6. The SMILES string of the molecule is CN(C)CCN1CC(C)(C)CN(Cc2cc(C(=O)O)ccn2)CC1=O. The lowest BCUT2D eigenvalue weighted by molar-refractivity contribution is -0.131. The molecule has 1 aliphatic heterocycles. The molecule has 7 nitrogen and oxygen atoms in total. The number of nitrogens with zero attached hydrogens (tertiary/aromatic N) is 4. The minimum Gasteiger partial charge on any atom is -0.478 e. The van der Waals surface area contributed by atoms with Gasteiger partial charge in [-0.1, -0.05) is 13.8 Å². The van der Waals surface area contributed by atoms with Crippen molar-refractivity contribution in [2.45, 2.75) is 20.4 Å². The van der Waals surface area contributed by atoms with E-state index in [9.17, 15) is 9.59 Å². The number of hydrogen-bond donors (Lipinski definition) is 1. The van der Waals surface area contributed by atoms with Crippen LogP contribution in [0.5, 0.6) is 0 Å². The lowest BCUT2D eigenvalue weighted by atomic mass is 9.92. The molecule has 0 atom stereocenters. The average Bonchev–Trinajstić information content (AvgIpc) is 2.60. The van der Waals surface area contributed by atoms with Crippen molar-refractivity contribution in [3.8, 4) is 0 Å². The molecule has 1 N–H and O–H groups in total. The maximum Gasteiger partial charge on any atom is 0.335 e. The number of carboxylic acid groups (broad SMARTS) is 1. The van der Waals surface area contributed by atoms with Crippen molar-refractivity contribution in [1.29, 1.82) is 0 Å². The second-order valence-corrected chi connectivity index (χ2v) is 7.77. The molecule has 0 radical (unpaired) electrons. The number of pyridine rings is 1. The number of carboxylic acids is 1. The second-order valence-electron chi connectivity index (χ2n) is 7.77. The van der Waals surface area contributed by atoms with Gasteiger partial charge in [-0.3, -0.25) is 14.7 Å². The molecule has 1 saturated heterocycles. The summed E-state index contributed by atoms with van der Waals surface area (Å²) < 4.78 is 0. The highest BCUT2D eigenvalue weighted by Crippen LogP contribution is 2.23. The van der Waals surface area contributed by atoms with Crippen molar-refractivity contribution in [3.05, 3.63) is 29.6 Å². The van der Waals surface area contributed by atoms with Crippen molar-refractivity contribution < 1.29 is 14.7 Å². The highest BCUT2D eigenvalue weighted by atomic mass is 16.4. The summed E-state index contributed by atoms with van der Waals surface area (Å²) in [6.45, 7) is 8.15. The van der Waals surface area contributed by atoms with Crippen molar-refractivity contribution in [2.75, 3.05) is 46.8 Å². The highest BCUT2D eigenvalue weighted by Gasteiger charge is 2.32. The van der Waals surface area contributed by atoms with E-state index in [0.717, 1.165) is 26.2 Å². The predicted octanol–water partition coefficient (Wildman–Crippen LogP) is 1.01. The van der Waals surface area contributed by atoms with Crippen molar-refractivity contribution in [3.63, 3.8) is 0 Å². The average molecular weight is 348 g/mol. The molecule has 0 bridgehead atoms. The molecule has 0 aliphatic carbocycles. The number of likely N-dealkylation sites (N-methyl/N-ethyl adjacent to an activating group) is 1. The standard InChI is InChI=1S/C18H28N4O3/c1-18(2)12-21(10-15-9-14(17(24)25)5-6-19-15)11-16(23)22(13-18)8-7-20(3)4/h5-6,9H,7-8,10-13H2,1-4H3,(H,24,25). The van der Waals surface area contributed by atoms with Gasteiger partial charge in [0.1, 0.15) is 0 Å². The Kier molecular flexibility index (Phi) is 6.13. The third-order valence-corrected chi connectivity index (χ3v) is 4.25. The summed E-state index contributed by atoms with van der Waals surface area (Å²) in [4.78, 5) is 34.1. The zero-order valence-electron chi connectivity index (χ0n) is 15.5. The minimum atomic E-state index is -0.967. The lowest BCUT2D eigenvalue weighted by Gasteiger charge is -2.31. The van der Waals surface area contributed by atoms with E-state index in [4.69, 9.17) is 5.11 Å². The number of hydrogen-bond acceptors (Lipinski definition) is 5. The maximum atomic E-state index is 12.6. The first-order valence-corrected chi connectivity index (χ1v) is 8.49. The summed E-state index contributed by atoms with van der Waals surface area (Å²) in [5, 5.41) is 9.12. The molecule has 2 rings (SSSR count). The second kappa shape index (κ2) is 7.93. The Balaban J connectivity index is 2.10. The Bertz CT molecular complexity index is 631. The summed E-state index contributed by atoms with van der Waals surface area (Å²) in [5.74, 6) is -0.854. The molecule has 1 aliphatic rings. The monoisotopic (exact) mass is 348 g/mol. The fraction of sp³-hybridized carbons (Fsp3) is 0.611. The van der Waals surface area contributed by atoms with Crippen molar-refractivity contribution >= 4 is 11.9 Å². The van der Waals surface area contributed by atoms with E-state index in [0.29, 0.717) is 18.8 Å². The van der Waals surface area contributed by atoms with Crippen LogP contribution in [0.4, 0.5) is 0 Å². The summed E-state index contributed by atoms with van der Waals surface area (Å²) in [6, 6.07) is 3.06. The molecule has 1 amide bonds. The van der Waals surface area contributed by atoms with Gasteiger partial charge in [0.05, 0.1) is 17.8 Å². The first-order valence-electron chi connectivity index (χ1n) is 8.49. The van der Waals surface area contributed by atoms with Crippen LogP contribution in [0.15, 0.2) is 18.3 Å². The van der Waals surface area contributed by atoms with Crippen LogP contribution < -0.4 is 0 Å². The molecule has 138 valence electrons. The van der Waals surface area contributed by atoms with Gasteiger partial charge in [0.25, 0.3) is 0 Å². The molecule has 1 aromatic rings. The quantitative estimate of drug-likeness (QED) is 0.827. The Morgan fingerprint density at radius 1 is 1.36 bits per heavy atom. The van der Waals surface area contributed by atoms with Gasteiger partial charge in [-0.05, 0) is 31.6 Å². The van der Waals surface area contributed by atoms with Crippen LogP contribution in [0.25, 0.3) is 0 Å². The van der Waals surface area contributed by atoms with Crippen LogP contribution >= 0.6 is 0 Å². The molecule has 1 fully saturated rings. The number of carbonyl (C=O) groups excluding carboxylic acids is 1. The van der Waals surface area contributed by atoms with Gasteiger partial charge in [-0.2, -0.15) is 0 Å². The van der Waals surface area contributed by atoms with Crippen LogP contribution in [0.1, 0.15) is 29.9 Å². The summed E-state index contributed by atoms with van der Waals surface area (Å²) in [7, 11) is 4.00. The van der Waals surface area contributed by atoms with Crippen molar-refractivity contribution in [2.24, 2.45) is 5.41 Å².